The first-order chi connectivity index (χ1) is 19.7. The van der Waals surface area contributed by atoms with Crippen molar-refractivity contribution in [2.24, 2.45) is 23.2 Å². The molecule has 2 aromatic carbocycles. The van der Waals surface area contributed by atoms with Gasteiger partial charge in [0.1, 0.15) is 5.78 Å². The quantitative estimate of drug-likeness (QED) is 0.378. The highest BCUT2D eigenvalue weighted by molar-refractivity contribution is 5.98. The van der Waals surface area contributed by atoms with Crippen molar-refractivity contribution in [2.45, 2.75) is 70.8 Å². The molecular weight excluding hydrogens is 510 g/mol. The van der Waals surface area contributed by atoms with Gasteiger partial charge in [0.05, 0.1) is 6.42 Å². The third-order valence-corrected chi connectivity index (χ3v) is 10.6. The Morgan fingerprint density at radius 2 is 1.73 bits per heavy atom. The Kier molecular flexibility index (Phi) is 7.25. The molecular formula is C36H41NO4. The average Bonchev–Trinajstić information content (AvgIpc) is 3.30. The van der Waals surface area contributed by atoms with Gasteiger partial charge in [0.2, 0.25) is 0 Å². The summed E-state index contributed by atoms with van der Waals surface area (Å²) in [5.41, 5.74) is 7.05. The lowest BCUT2D eigenvalue weighted by Gasteiger charge is -2.52. The number of esters is 1. The summed E-state index contributed by atoms with van der Waals surface area (Å²) in [6, 6.07) is 18.4. The maximum absolute atomic E-state index is 13.2. The Morgan fingerprint density at radius 1 is 1.00 bits per heavy atom. The molecule has 0 spiro atoms. The van der Waals surface area contributed by atoms with Crippen LogP contribution in [0, 0.1) is 23.2 Å². The second-order valence-electron chi connectivity index (χ2n) is 13.1. The van der Waals surface area contributed by atoms with Crippen LogP contribution in [0.2, 0.25) is 0 Å². The fourth-order valence-electron chi connectivity index (χ4n) is 8.67. The Morgan fingerprint density at radius 3 is 2.41 bits per heavy atom. The Balaban J connectivity index is 1.38. The molecule has 2 aromatic rings. The number of Topliss-reactive ketones (excluding diaryl/α,β-unsaturated/α-hetero) is 1. The molecule has 0 aromatic heterocycles. The number of ether oxygens (including phenoxy) is 1. The van der Waals surface area contributed by atoms with Crippen molar-refractivity contribution in [3.05, 3.63) is 88.5 Å². The SMILES string of the molecule is CC(=O)[C@H]1CC[C@H]2[C@@H]3CCC4=CC(=O)C(OC(=O)Cc5ccccc5)CC4=C3[C@@H](c3ccc(N(C)C)cc3)C[C@]12C. The minimum Gasteiger partial charge on any atom is -0.453 e. The summed E-state index contributed by atoms with van der Waals surface area (Å²) in [5, 5.41) is 0. The Bertz CT molecular complexity index is 1420. The summed E-state index contributed by atoms with van der Waals surface area (Å²) >= 11 is 0. The van der Waals surface area contributed by atoms with E-state index in [-0.39, 0.29) is 35.4 Å². The van der Waals surface area contributed by atoms with E-state index in [4.69, 9.17) is 4.74 Å². The van der Waals surface area contributed by atoms with E-state index in [1.165, 1.54) is 16.7 Å². The number of fused-ring (bicyclic) bond motifs is 4. The largest absolute Gasteiger partial charge is 0.453 e. The topological polar surface area (TPSA) is 63.7 Å². The van der Waals surface area contributed by atoms with Crippen LogP contribution >= 0.6 is 0 Å². The van der Waals surface area contributed by atoms with Gasteiger partial charge in [-0.1, -0.05) is 55.0 Å². The standard InChI is InChI=1S/C36H41NO4/c1-22(38)30-16-17-31-27-15-12-25-19-32(39)33(41-34(40)18-23-8-6-5-7-9-23)20-28(25)35(27)29(21-36(30,31)2)24-10-13-26(14-11-24)37(3)4/h5-11,13-14,19,27,29-31,33H,12,15-18,20-21H2,1-4H3/t27-,29+,30+,31-,33?,36+/m0/s1. The summed E-state index contributed by atoms with van der Waals surface area (Å²) < 4.78 is 5.86. The number of rotatable bonds is 6. The van der Waals surface area contributed by atoms with Gasteiger partial charge in [-0.2, -0.15) is 0 Å². The van der Waals surface area contributed by atoms with Gasteiger partial charge in [0.25, 0.3) is 0 Å². The molecule has 1 unspecified atom stereocenters. The molecule has 0 bridgehead atoms. The maximum atomic E-state index is 13.2. The van der Waals surface area contributed by atoms with Gasteiger partial charge in [-0.25, -0.2) is 0 Å². The van der Waals surface area contributed by atoms with Crippen LogP contribution in [0.15, 0.2) is 77.4 Å². The molecule has 6 atom stereocenters. The van der Waals surface area contributed by atoms with Crippen molar-refractivity contribution in [2.75, 3.05) is 19.0 Å². The monoisotopic (exact) mass is 551 g/mol. The Labute approximate surface area is 243 Å². The third kappa shape index (κ3) is 4.98. The normalized spacial score (nSPS) is 30.6. The first-order valence-electron chi connectivity index (χ1n) is 15.1. The summed E-state index contributed by atoms with van der Waals surface area (Å²) in [6.07, 6.45) is 6.41. The molecule has 0 radical (unpaired) electrons. The highest BCUT2D eigenvalue weighted by Gasteiger charge is 2.57. The number of carbonyl (C=O) groups is 3. The molecule has 4 aliphatic carbocycles. The van der Waals surface area contributed by atoms with Gasteiger partial charge in [0, 0.05) is 38.0 Å². The summed E-state index contributed by atoms with van der Waals surface area (Å²) in [6.45, 7) is 4.14. The molecule has 214 valence electrons. The van der Waals surface area contributed by atoms with Crippen molar-refractivity contribution >= 4 is 23.2 Å². The zero-order valence-corrected chi connectivity index (χ0v) is 24.7. The number of carbonyl (C=O) groups excluding carboxylic acids is 3. The maximum Gasteiger partial charge on any atom is 0.310 e. The van der Waals surface area contributed by atoms with E-state index in [9.17, 15) is 14.4 Å². The zero-order chi connectivity index (χ0) is 28.9. The van der Waals surface area contributed by atoms with Crippen molar-refractivity contribution in [3.8, 4) is 0 Å². The van der Waals surface area contributed by atoms with Gasteiger partial charge >= 0.3 is 5.97 Å². The summed E-state index contributed by atoms with van der Waals surface area (Å²) in [5.74, 6) is 0.944. The van der Waals surface area contributed by atoms with E-state index >= 15 is 0 Å². The number of benzene rings is 2. The molecule has 6 rings (SSSR count). The molecule has 0 aliphatic heterocycles. The van der Waals surface area contributed by atoms with Gasteiger partial charge < -0.3 is 9.64 Å². The highest BCUT2D eigenvalue weighted by Crippen LogP contribution is 2.65. The van der Waals surface area contributed by atoms with Crippen molar-refractivity contribution in [3.63, 3.8) is 0 Å². The first-order valence-corrected chi connectivity index (χ1v) is 15.1. The van der Waals surface area contributed by atoms with E-state index in [1.807, 2.05) is 44.4 Å². The number of anilines is 1. The van der Waals surface area contributed by atoms with Crippen LogP contribution < -0.4 is 4.90 Å². The minimum absolute atomic E-state index is 0.0430. The summed E-state index contributed by atoms with van der Waals surface area (Å²) in [7, 11) is 4.10. The van der Waals surface area contributed by atoms with Gasteiger partial charge in [-0.15, -0.1) is 0 Å². The smallest absolute Gasteiger partial charge is 0.310 e. The summed E-state index contributed by atoms with van der Waals surface area (Å²) in [4.78, 5) is 41.0. The molecule has 4 aliphatic rings. The minimum atomic E-state index is -0.783. The van der Waals surface area contributed by atoms with Crippen LogP contribution in [-0.2, 0) is 25.5 Å². The molecule has 0 amide bonds. The molecule has 2 fully saturated rings. The van der Waals surface area contributed by atoms with E-state index in [0.29, 0.717) is 24.0 Å². The van der Waals surface area contributed by atoms with Gasteiger partial charge in [0.15, 0.2) is 11.9 Å². The van der Waals surface area contributed by atoms with Crippen LogP contribution in [-0.4, -0.2) is 37.7 Å². The highest BCUT2D eigenvalue weighted by atomic mass is 16.5. The fourth-order valence-corrected chi connectivity index (χ4v) is 8.67. The van der Waals surface area contributed by atoms with Crippen LogP contribution in [0.25, 0.3) is 0 Å². The lowest BCUT2D eigenvalue weighted by Crippen LogP contribution is -2.45. The lowest BCUT2D eigenvalue weighted by atomic mass is 9.51. The zero-order valence-electron chi connectivity index (χ0n) is 24.7. The second kappa shape index (κ2) is 10.7. The number of nitrogens with zero attached hydrogens (tertiary/aromatic N) is 1. The predicted octanol–water partition coefficient (Wildman–Crippen LogP) is 6.62. The molecule has 0 heterocycles. The lowest BCUT2D eigenvalue weighted by molar-refractivity contribution is -0.153. The average molecular weight is 552 g/mol. The van der Waals surface area contributed by atoms with Crippen molar-refractivity contribution in [1.29, 1.82) is 0 Å². The molecule has 41 heavy (non-hydrogen) atoms. The Hall–Kier alpha value is -3.47. The molecule has 2 saturated carbocycles. The van der Waals surface area contributed by atoms with E-state index < -0.39 is 6.10 Å². The number of ketones is 2. The van der Waals surface area contributed by atoms with Crippen molar-refractivity contribution < 1.29 is 19.1 Å². The van der Waals surface area contributed by atoms with Crippen LogP contribution in [0.5, 0.6) is 0 Å². The molecule has 0 N–H and O–H groups in total. The van der Waals surface area contributed by atoms with Crippen molar-refractivity contribution in [1.82, 2.24) is 0 Å². The van der Waals surface area contributed by atoms with Crippen LogP contribution in [0.1, 0.15) is 69.4 Å². The second-order valence-corrected chi connectivity index (χ2v) is 13.1. The number of hydrogen-bond acceptors (Lipinski definition) is 5. The van der Waals surface area contributed by atoms with Gasteiger partial charge in [-0.05, 0) is 96.8 Å². The molecule has 5 nitrogen and oxygen atoms in total. The number of allylic oxidation sites excluding steroid dienone is 2. The first kappa shape index (κ1) is 27.7. The van der Waals surface area contributed by atoms with Crippen LogP contribution in [0.3, 0.4) is 0 Å². The molecule has 5 heteroatoms. The van der Waals surface area contributed by atoms with Gasteiger partial charge in [-0.3, -0.25) is 14.4 Å². The van der Waals surface area contributed by atoms with E-state index in [0.717, 1.165) is 48.9 Å². The fraction of sp³-hybridized carbons (Fsp3) is 0.472. The van der Waals surface area contributed by atoms with Crippen LogP contribution in [0.4, 0.5) is 5.69 Å². The predicted molar refractivity (Wildman–Crippen MR) is 161 cm³/mol. The third-order valence-electron chi connectivity index (χ3n) is 10.6. The molecule has 0 saturated heterocycles. The van der Waals surface area contributed by atoms with E-state index in [2.05, 4.69) is 36.1 Å². The van der Waals surface area contributed by atoms with E-state index in [1.54, 1.807) is 13.0 Å². The number of hydrogen-bond donors (Lipinski definition) is 0.